The largest absolute Gasteiger partial charge is 0.483 e. The molecule has 1 aliphatic carbocycles. The molecule has 1 aromatic rings. The molecule has 1 saturated carbocycles. The van der Waals surface area contributed by atoms with Crippen molar-refractivity contribution in [2.24, 2.45) is 0 Å². The van der Waals surface area contributed by atoms with Crippen LogP contribution in [0.3, 0.4) is 0 Å². The number of hydrogen-bond acceptors (Lipinski definition) is 3. The minimum Gasteiger partial charge on any atom is -0.483 e. The average molecular weight is 416 g/mol. The molecule has 3 rings (SSSR count). The molecule has 2 amide bonds. The third-order valence-electron chi connectivity index (χ3n) is 4.49. The third kappa shape index (κ3) is 5.38. The monoisotopic (exact) mass is 416 g/mol. The van der Waals surface area contributed by atoms with Crippen LogP contribution in [0.25, 0.3) is 0 Å². The molecule has 1 aliphatic heterocycles. The van der Waals surface area contributed by atoms with Crippen molar-refractivity contribution in [3.05, 3.63) is 18.2 Å². The second-order valence-corrected chi connectivity index (χ2v) is 9.25. The number of amides is 2. The van der Waals surface area contributed by atoms with Gasteiger partial charge in [0.1, 0.15) is 16.7 Å². The smallest absolute Gasteiger partial charge is 0.319 e. The summed E-state index contributed by atoms with van der Waals surface area (Å²) < 4.78 is 76.0. The number of rotatable bonds is 5. The van der Waals surface area contributed by atoms with E-state index in [4.69, 9.17) is 9.47 Å². The number of anilines is 1. The first-order chi connectivity index (χ1) is 12.4. The number of benzene rings is 1. The maximum atomic E-state index is 13.1. The van der Waals surface area contributed by atoms with Gasteiger partial charge in [-0.3, -0.25) is 0 Å². The molecule has 2 N–H and O–H groups in total. The summed E-state index contributed by atoms with van der Waals surface area (Å²) in [6.07, 6.45) is 4.08. The van der Waals surface area contributed by atoms with Crippen LogP contribution in [-0.4, -0.2) is 31.4 Å². The molecule has 2 fully saturated rings. The zero-order chi connectivity index (χ0) is 19.8. The van der Waals surface area contributed by atoms with E-state index in [1.807, 2.05) is 0 Å². The number of carbonyl (C=O) groups excluding carboxylic acids is 1. The molecule has 0 radical (unpaired) electrons. The molecule has 1 heterocycles. The van der Waals surface area contributed by atoms with Gasteiger partial charge >= 0.3 is 16.3 Å². The molecule has 11 heteroatoms. The molecule has 0 unspecified atom stereocenters. The fourth-order valence-corrected chi connectivity index (χ4v) is 3.67. The van der Waals surface area contributed by atoms with Crippen molar-refractivity contribution >= 4 is 21.9 Å². The van der Waals surface area contributed by atoms with Gasteiger partial charge in [-0.05, 0) is 31.0 Å². The van der Waals surface area contributed by atoms with E-state index in [-0.39, 0.29) is 37.1 Å². The van der Waals surface area contributed by atoms with E-state index < -0.39 is 32.9 Å². The Morgan fingerprint density at radius 2 is 1.74 bits per heavy atom. The summed E-state index contributed by atoms with van der Waals surface area (Å²) in [6, 6.07) is 0.428. The Hall–Kier alpha value is -1.75. The molecule has 0 spiro atoms. The van der Waals surface area contributed by atoms with E-state index in [9.17, 15) is 24.2 Å². The molecule has 0 aromatic heterocycles. The zero-order valence-electron chi connectivity index (χ0n) is 14.4. The van der Waals surface area contributed by atoms with Crippen LogP contribution in [0, 0.1) is 0 Å². The first-order valence-corrected chi connectivity index (χ1v) is 10.6. The number of ether oxygens (including phenoxy) is 2. The minimum atomic E-state index is -9.88. The van der Waals surface area contributed by atoms with E-state index in [1.165, 1.54) is 0 Å². The predicted molar refractivity (Wildman–Crippen MR) is 92.1 cm³/mol. The molecular formula is C16H21F5N2O3S. The fourth-order valence-electron chi connectivity index (χ4n) is 3.00. The van der Waals surface area contributed by atoms with E-state index in [1.54, 1.807) is 0 Å². The Morgan fingerprint density at radius 3 is 2.30 bits per heavy atom. The molecule has 1 saturated heterocycles. The second kappa shape index (κ2) is 6.40. The summed E-state index contributed by atoms with van der Waals surface area (Å²) in [5.41, 5.74) is -0.457. The van der Waals surface area contributed by atoms with Gasteiger partial charge in [-0.25, -0.2) is 4.79 Å². The highest BCUT2D eigenvalue weighted by molar-refractivity contribution is 8.45. The normalized spacial score (nSPS) is 21.5. The molecule has 0 bridgehead atoms. The fraction of sp³-hybridized carbons (Fsp3) is 0.562. The van der Waals surface area contributed by atoms with Crippen LogP contribution in [0.5, 0.6) is 5.75 Å². The van der Waals surface area contributed by atoms with Crippen LogP contribution in [-0.2, 0) is 4.74 Å². The Morgan fingerprint density at radius 1 is 1.07 bits per heavy atom. The van der Waals surface area contributed by atoms with Crippen molar-refractivity contribution < 1.29 is 33.7 Å². The summed E-state index contributed by atoms with van der Waals surface area (Å²) in [6.45, 7) is 0.466. The minimum absolute atomic E-state index is 0.0954. The quantitative estimate of drug-likeness (QED) is 0.617. The molecule has 5 nitrogen and oxygen atoms in total. The zero-order valence-corrected chi connectivity index (χ0v) is 15.2. The number of urea groups is 1. The van der Waals surface area contributed by atoms with Gasteiger partial charge in [-0.15, -0.1) is 0 Å². The van der Waals surface area contributed by atoms with Crippen molar-refractivity contribution in [2.75, 3.05) is 18.5 Å². The summed E-state index contributed by atoms with van der Waals surface area (Å²) in [4.78, 5) is 10.1. The van der Waals surface area contributed by atoms with Crippen molar-refractivity contribution in [3.63, 3.8) is 0 Å². The second-order valence-electron chi connectivity index (χ2n) is 6.84. The van der Waals surface area contributed by atoms with Gasteiger partial charge in [-0.1, -0.05) is 38.7 Å². The third-order valence-corrected chi connectivity index (χ3v) is 5.63. The van der Waals surface area contributed by atoms with Crippen LogP contribution in [0.2, 0.25) is 0 Å². The van der Waals surface area contributed by atoms with Crippen molar-refractivity contribution in [1.29, 1.82) is 0 Å². The topological polar surface area (TPSA) is 59.6 Å². The molecular weight excluding hydrogens is 395 g/mol. The Labute approximate surface area is 153 Å². The van der Waals surface area contributed by atoms with Crippen molar-refractivity contribution in [1.82, 2.24) is 5.32 Å². The van der Waals surface area contributed by atoms with Gasteiger partial charge in [-0.2, -0.15) is 0 Å². The van der Waals surface area contributed by atoms with Gasteiger partial charge in [0.25, 0.3) is 0 Å². The van der Waals surface area contributed by atoms with Crippen LogP contribution in [0.1, 0.15) is 32.1 Å². The molecule has 2 aliphatic rings. The molecule has 27 heavy (non-hydrogen) atoms. The van der Waals surface area contributed by atoms with Crippen molar-refractivity contribution in [3.8, 4) is 5.75 Å². The van der Waals surface area contributed by atoms with E-state index in [2.05, 4.69) is 10.6 Å². The predicted octanol–water partition coefficient (Wildman–Crippen LogP) is 5.58. The number of carbonyl (C=O) groups is 1. The maximum Gasteiger partial charge on any atom is 0.319 e. The van der Waals surface area contributed by atoms with Gasteiger partial charge in [0.15, 0.2) is 0 Å². The Kier molecular flexibility index (Phi) is 4.74. The molecule has 0 atom stereocenters. The number of halogens is 5. The highest BCUT2D eigenvalue weighted by Gasteiger charge is 2.65. The van der Waals surface area contributed by atoms with Crippen molar-refractivity contribution in [2.45, 2.75) is 49.1 Å². The Balaban J connectivity index is 1.81. The van der Waals surface area contributed by atoms with Crippen LogP contribution in [0.15, 0.2) is 23.1 Å². The van der Waals surface area contributed by atoms with Gasteiger partial charge < -0.3 is 20.1 Å². The van der Waals surface area contributed by atoms with Crippen LogP contribution >= 0.6 is 10.2 Å². The van der Waals surface area contributed by atoms with Gasteiger partial charge in [0, 0.05) is 6.04 Å². The lowest BCUT2D eigenvalue weighted by Crippen LogP contribution is -2.40. The summed E-state index contributed by atoms with van der Waals surface area (Å²) in [5.74, 6) is -0.118. The van der Waals surface area contributed by atoms with E-state index in [0.29, 0.717) is 0 Å². The lowest BCUT2D eigenvalue weighted by molar-refractivity contribution is -0.0794. The summed E-state index contributed by atoms with van der Waals surface area (Å²) in [5, 5.41) is 4.89. The Bertz CT molecular complexity index is 719. The van der Waals surface area contributed by atoms with Gasteiger partial charge in [0.2, 0.25) is 0 Å². The highest BCUT2D eigenvalue weighted by atomic mass is 32.5. The number of hydrogen-bond donors (Lipinski definition) is 2. The molecule has 1 aromatic carbocycles. The first-order valence-electron chi connectivity index (χ1n) is 8.61. The first kappa shape index (κ1) is 20.0. The van der Waals surface area contributed by atoms with E-state index in [0.717, 1.165) is 38.2 Å². The van der Waals surface area contributed by atoms with Crippen LogP contribution < -0.4 is 15.4 Å². The average Bonchev–Trinajstić information content (AvgIpc) is 2.50. The highest BCUT2D eigenvalue weighted by Crippen LogP contribution is 3.02. The molecule has 154 valence electrons. The summed E-state index contributed by atoms with van der Waals surface area (Å²) >= 11 is 0. The van der Waals surface area contributed by atoms with Gasteiger partial charge in [0.05, 0.1) is 18.9 Å². The lowest BCUT2D eigenvalue weighted by Gasteiger charge is -2.40. The van der Waals surface area contributed by atoms with E-state index >= 15 is 0 Å². The standard InChI is InChI=1S/C16H21F5N2O3S/c17-27(18,19,20,21)13-6-7-15(26-12-9-25-10-12)14(8-13)23-16(24)22-11-4-2-1-3-5-11/h6-8,11-12H,1-5,9-10H2,(H2,22,23,24). The maximum absolute atomic E-state index is 13.1. The van der Waals surface area contributed by atoms with Crippen LogP contribution in [0.4, 0.5) is 29.9 Å². The summed E-state index contributed by atoms with van der Waals surface area (Å²) in [7, 11) is -9.88. The SMILES string of the molecule is O=C(Nc1cc(S(F)(F)(F)(F)F)ccc1OC1COC1)NC1CCCCC1. The lowest BCUT2D eigenvalue weighted by atomic mass is 9.96. The number of nitrogens with one attached hydrogen (secondary N) is 2.